The van der Waals surface area contributed by atoms with Gasteiger partial charge in [-0.05, 0) is 56.7 Å². The summed E-state index contributed by atoms with van der Waals surface area (Å²) in [6, 6.07) is 7.67. The van der Waals surface area contributed by atoms with E-state index in [0.29, 0.717) is 18.7 Å². The number of carbonyl (C=O) groups excluding carboxylic acids is 1. The Morgan fingerprint density at radius 1 is 1.19 bits per heavy atom. The topological polar surface area (TPSA) is 65.5 Å². The molecule has 0 atom stereocenters. The fourth-order valence-electron chi connectivity index (χ4n) is 2.96. The molecule has 0 heterocycles. The molecule has 26 heavy (non-hydrogen) atoms. The van der Waals surface area contributed by atoms with Gasteiger partial charge in [0.05, 0.1) is 0 Å². The normalized spacial score (nSPS) is 14.1. The lowest BCUT2D eigenvalue weighted by atomic mass is 9.97. The van der Waals surface area contributed by atoms with Gasteiger partial charge in [0.15, 0.2) is 5.96 Å². The summed E-state index contributed by atoms with van der Waals surface area (Å²) in [6.45, 7) is 4.08. The Kier molecular flexibility index (Phi) is 11.0. The van der Waals surface area contributed by atoms with Gasteiger partial charge in [0.2, 0.25) is 0 Å². The molecule has 6 heteroatoms. The van der Waals surface area contributed by atoms with E-state index >= 15 is 0 Å². The van der Waals surface area contributed by atoms with Crippen molar-refractivity contribution < 1.29 is 4.79 Å². The standard InChI is InChI=1S/C20H30N4O.HI/c1-3-22-19(25)18-11-7-10-17(14-18)15-24-20(21-2)23-13-12-16-8-5-4-6-9-16;/h7-8,10-11,14H,3-6,9,12-13,15H2,1-2H3,(H,22,25)(H2,21,23,24);1H. The fraction of sp³-hybridized carbons (Fsp3) is 0.500. The van der Waals surface area contributed by atoms with Crippen molar-refractivity contribution in [2.45, 2.75) is 45.6 Å². The van der Waals surface area contributed by atoms with E-state index in [1.54, 1.807) is 12.6 Å². The third kappa shape index (κ3) is 7.76. The number of rotatable bonds is 7. The van der Waals surface area contributed by atoms with E-state index in [1.165, 1.54) is 25.7 Å². The number of hydrogen-bond donors (Lipinski definition) is 3. The Bertz CT molecular complexity index is 628. The average molecular weight is 470 g/mol. The van der Waals surface area contributed by atoms with Crippen molar-refractivity contribution in [3.63, 3.8) is 0 Å². The van der Waals surface area contributed by atoms with Crippen LogP contribution in [-0.4, -0.2) is 32.0 Å². The maximum absolute atomic E-state index is 11.9. The van der Waals surface area contributed by atoms with E-state index in [4.69, 9.17) is 0 Å². The maximum atomic E-state index is 11.9. The van der Waals surface area contributed by atoms with Crippen molar-refractivity contribution in [1.29, 1.82) is 0 Å². The SMILES string of the molecule is CCNC(=O)c1cccc(CNC(=NC)NCCC2=CCCCC2)c1.I. The van der Waals surface area contributed by atoms with Crippen LogP contribution in [0, 0.1) is 0 Å². The Morgan fingerprint density at radius 2 is 2.04 bits per heavy atom. The van der Waals surface area contributed by atoms with Crippen LogP contribution in [0.25, 0.3) is 0 Å². The van der Waals surface area contributed by atoms with Gasteiger partial charge in [-0.1, -0.05) is 23.8 Å². The van der Waals surface area contributed by atoms with E-state index in [2.05, 4.69) is 27.0 Å². The number of allylic oxidation sites excluding steroid dienone is 1. The molecule has 0 unspecified atom stereocenters. The second-order valence-electron chi connectivity index (χ2n) is 6.27. The molecule has 0 spiro atoms. The zero-order chi connectivity index (χ0) is 17.9. The molecule has 1 amide bonds. The molecule has 0 radical (unpaired) electrons. The van der Waals surface area contributed by atoms with Gasteiger partial charge in [0, 0.05) is 32.2 Å². The summed E-state index contributed by atoms with van der Waals surface area (Å²) in [5.41, 5.74) is 3.30. The molecule has 0 saturated heterocycles. The highest BCUT2D eigenvalue weighted by molar-refractivity contribution is 14.0. The molecule has 2 rings (SSSR count). The number of halogens is 1. The number of benzene rings is 1. The van der Waals surface area contributed by atoms with Crippen LogP contribution in [0.2, 0.25) is 0 Å². The fourth-order valence-corrected chi connectivity index (χ4v) is 2.96. The predicted octanol–water partition coefficient (Wildman–Crippen LogP) is 3.61. The molecular weight excluding hydrogens is 439 g/mol. The van der Waals surface area contributed by atoms with E-state index in [0.717, 1.165) is 24.5 Å². The van der Waals surface area contributed by atoms with E-state index in [9.17, 15) is 4.79 Å². The summed E-state index contributed by atoms with van der Waals surface area (Å²) in [7, 11) is 1.78. The van der Waals surface area contributed by atoms with Gasteiger partial charge < -0.3 is 16.0 Å². The largest absolute Gasteiger partial charge is 0.356 e. The molecule has 5 nitrogen and oxygen atoms in total. The lowest BCUT2D eigenvalue weighted by Gasteiger charge is -2.15. The van der Waals surface area contributed by atoms with Gasteiger partial charge in [-0.15, -0.1) is 24.0 Å². The van der Waals surface area contributed by atoms with Gasteiger partial charge in [-0.2, -0.15) is 0 Å². The van der Waals surface area contributed by atoms with Crippen molar-refractivity contribution in [3.05, 3.63) is 47.0 Å². The zero-order valence-corrected chi connectivity index (χ0v) is 18.1. The van der Waals surface area contributed by atoms with Crippen LogP contribution >= 0.6 is 24.0 Å². The molecule has 1 aliphatic carbocycles. The van der Waals surface area contributed by atoms with Gasteiger partial charge >= 0.3 is 0 Å². The number of amides is 1. The molecular formula is C20H31IN4O. The van der Waals surface area contributed by atoms with Crippen molar-refractivity contribution in [2.75, 3.05) is 20.1 Å². The summed E-state index contributed by atoms with van der Waals surface area (Å²) < 4.78 is 0. The van der Waals surface area contributed by atoms with Crippen molar-refractivity contribution >= 4 is 35.8 Å². The van der Waals surface area contributed by atoms with Crippen LogP contribution in [0.15, 0.2) is 40.9 Å². The van der Waals surface area contributed by atoms with Crippen molar-refractivity contribution in [2.24, 2.45) is 4.99 Å². The first-order valence-corrected chi connectivity index (χ1v) is 9.22. The third-order valence-corrected chi connectivity index (χ3v) is 4.33. The van der Waals surface area contributed by atoms with Crippen LogP contribution in [0.3, 0.4) is 0 Å². The van der Waals surface area contributed by atoms with Gasteiger partial charge in [-0.25, -0.2) is 0 Å². The predicted molar refractivity (Wildman–Crippen MR) is 119 cm³/mol. The van der Waals surface area contributed by atoms with E-state index in [1.807, 2.05) is 31.2 Å². The molecule has 0 fully saturated rings. The smallest absolute Gasteiger partial charge is 0.251 e. The highest BCUT2D eigenvalue weighted by Gasteiger charge is 2.06. The Morgan fingerprint density at radius 3 is 2.73 bits per heavy atom. The molecule has 0 bridgehead atoms. The summed E-state index contributed by atoms with van der Waals surface area (Å²) in [5.74, 6) is 0.757. The highest BCUT2D eigenvalue weighted by atomic mass is 127. The lowest BCUT2D eigenvalue weighted by Crippen LogP contribution is -2.37. The summed E-state index contributed by atoms with van der Waals surface area (Å²) >= 11 is 0. The monoisotopic (exact) mass is 470 g/mol. The molecule has 1 aromatic carbocycles. The molecule has 0 aromatic heterocycles. The third-order valence-electron chi connectivity index (χ3n) is 4.33. The second kappa shape index (κ2) is 12.7. The summed E-state index contributed by atoms with van der Waals surface area (Å²) in [4.78, 5) is 16.2. The average Bonchev–Trinajstić information content (AvgIpc) is 2.66. The number of aliphatic imine (C=N–C) groups is 1. The van der Waals surface area contributed by atoms with Gasteiger partial charge in [0.1, 0.15) is 0 Å². The van der Waals surface area contributed by atoms with Crippen LogP contribution in [0.1, 0.15) is 54.9 Å². The molecule has 1 aromatic rings. The van der Waals surface area contributed by atoms with E-state index in [-0.39, 0.29) is 29.9 Å². The highest BCUT2D eigenvalue weighted by Crippen LogP contribution is 2.19. The number of carbonyl (C=O) groups is 1. The first-order valence-electron chi connectivity index (χ1n) is 9.22. The Hall–Kier alpha value is -1.57. The van der Waals surface area contributed by atoms with Crippen LogP contribution in [0.4, 0.5) is 0 Å². The maximum Gasteiger partial charge on any atom is 0.251 e. The van der Waals surface area contributed by atoms with Gasteiger partial charge in [0.25, 0.3) is 5.91 Å². The van der Waals surface area contributed by atoms with Gasteiger partial charge in [-0.3, -0.25) is 9.79 Å². The quantitative estimate of drug-likeness (QED) is 0.247. The molecule has 0 aliphatic heterocycles. The Balaban J connectivity index is 0.00000338. The minimum Gasteiger partial charge on any atom is -0.356 e. The number of nitrogens with zero attached hydrogens (tertiary/aromatic N) is 1. The lowest BCUT2D eigenvalue weighted by molar-refractivity contribution is 0.0955. The van der Waals surface area contributed by atoms with Crippen molar-refractivity contribution in [3.8, 4) is 0 Å². The van der Waals surface area contributed by atoms with Crippen LogP contribution in [0.5, 0.6) is 0 Å². The number of hydrogen-bond acceptors (Lipinski definition) is 2. The minimum absolute atomic E-state index is 0. The summed E-state index contributed by atoms with van der Waals surface area (Å²) in [5, 5.41) is 9.50. The minimum atomic E-state index is -0.0346. The number of nitrogens with one attached hydrogen (secondary N) is 3. The molecule has 144 valence electrons. The van der Waals surface area contributed by atoms with Crippen LogP contribution in [-0.2, 0) is 6.54 Å². The first kappa shape index (κ1) is 22.5. The molecule has 1 aliphatic rings. The number of guanidine groups is 1. The molecule has 3 N–H and O–H groups in total. The second-order valence-corrected chi connectivity index (χ2v) is 6.27. The van der Waals surface area contributed by atoms with Crippen LogP contribution < -0.4 is 16.0 Å². The first-order chi connectivity index (χ1) is 12.2. The molecule has 0 saturated carbocycles. The zero-order valence-electron chi connectivity index (χ0n) is 15.8. The van der Waals surface area contributed by atoms with E-state index < -0.39 is 0 Å². The Labute approximate surface area is 174 Å². The van der Waals surface area contributed by atoms with Crippen molar-refractivity contribution in [1.82, 2.24) is 16.0 Å². The summed E-state index contributed by atoms with van der Waals surface area (Å²) in [6.07, 6.45) is 8.57.